The van der Waals surface area contributed by atoms with Crippen LogP contribution in [0.1, 0.15) is 64.9 Å². The molecule has 0 aromatic heterocycles. The van der Waals surface area contributed by atoms with E-state index >= 15 is 0 Å². The molecular formula is C31H50N8O8. The Morgan fingerprint density at radius 2 is 1.62 bits per heavy atom. The number of hydrogen-bond donors (Lipinski definition) is 9. The highest BCUT2D eigenvalue weighted by molar-refractivity contribution is 5.96. The van der Waals surface area contributed by atoms with E-state index in [1.165, 1.54) is 24.0 Å². The second-order valence-corrected chi connectivity index (χ2v) is 12.2. The molecule has 2 rings (SSSR count). The van der Waals surface area contributed by atoms with Crippen molar-refractivity contribution in [2.24, 2.45) is 28.1 Å². The van der Waals surface area contributed by atoms with Crippen LogP contribution >= 0.6 is 0 Å². The summed E-state index contributed by atoms with van der Waals surface area (Å²) in [6.45, 7) is 5.56. The lowest BCUT2D eigenvalue weighted by molar-refractivity contribution is -0.147. The Bertz CT molecular complexity index is 1250. The molecule has 262 valence electrons. The van der Waals surface area contributed by atoms with Gasteiger partial charge in [0.25, 0.3) is 0 Å². The Kier molecular flexibility index (Phi) is 15.4. The van der Waals surface area contributed by atoms with E-state index in [1.807, 2.05) is 13.8 Å². The molecule has 16 heteroatoms. The predicted octanol–water partition coefficient (Wildman–Crippen LogP) is -1.34. The quantitative estimate of drug-likeness (QED) is 0.0504. The van der Waals surface area contributed by atoms with Crippen LogP contribution in [0.3, 0.4) is 0 Å². The van der Waals surface area contributed by atoms with Crippen molar-refractivity contribution >= 4 is 35.6 Å². The molecule has 1 aliphatic heterocycles. The molecule has 47 heavy (non-hydrogen) atoms. The molecule has 6 atom stereocenters. The highest BCUT2D eigenvalue weighted by Gasteiger charge is 2.40. The molecule has 0 aliphatic carbocycles. The molecule has 0 saturated carbocycles. The van der Waals surface area contributed by atoms with E-state index in [0.29, 0.717) is 31.4 Å². The molecule has 0 unspecified atom stereocenters. The number of aliphatic hydroxyl groups excluding tert-OH is 1. The topological polar surface area (TPSA) is 276 Å². The molecule has 1 aliphatic rings. The summed E-state index contributed by atoms with van der Waals surface area (Å²) in [7, 11) is 0. The van der Waals surface area contributed by atoms with E-state index in [9.17, 15) is 39.3 Å². The van der Waals surface area contributed by atoms with Crippen LogP contribution in [-0.4, -0.2) is 105 Å². The third-order valence-corrected chi connectivity index (χ3v) is 7.75. The molecule has 16 nitrogen and oxygen atoms in total. The maximum Gasteiger partial charge on any atom is 0.328 e. The molecule has 12 N–H and O–H groups in total. The van der Waals surface area contributed by atoms with Crippen LogP contribution in [0.5, 0.6) is 5.75 Å². The van der Waals surface area contributed by atoms with E-state index in [-0.39, 0.29) is 49.9 Å². The smallest absolute Gasteiger partial charge is 0.328 e. The van der Waals surface area contributed by atoms with Gasteiger partial charge in [0.05, 0.1) is 6.10 Å². The molecule has 0 bridgehead atoms. The summed E-state index contributed by atoms with van der Waals surface area (Å²) in [4.78, 5) is 71.1. The maximum absolute atomic E-state index is 13.9. The number of guanidine groups is 1. The van der Waals surface area contributed by atoms with Gasteiger partial charge in [-0.3, -0.25) is 19.2 Å². The van der Waals surface area contributed by atoms with E-state index in [0.717, 1.165) is 0 Å². The number of aliphatic carboxylic acids is 1. The van der Waals surface area contributed by atoms with Crippen molar-refractivity contribution in [2.45, 2.75) is 102 Å². The molecule has 1 heterocycles. The normalized spacial score (nSPS) is 17.6. The molecule has 1 aromatic carbocycles. The SMILES string of the molecule is CC(C)C[C@H](NC(=O)[C@H](Cc1ccc(O)cc1)NC(=O)[C@H](CCCCN)N=C(N)N)C(=O)N1CCC[C@H]1C(=O)N[C@H](C(=O)O)[C@@H](C)O. The van der Waals surface area contributed by atoms with Crippen molar-refractivity contribution in [1.29, 1.82) is 0 Å². The number of unbranched alkanes of at least 4 members (excludes halogenated alkanes) is 1. The second kappa shape index (κ2) is 18.6. The first kappa shape index (κ1) is 38.7. The number of nitrogens with one attached hydrogen (secondary N) is 3. The molecule has 1 fully saturated rings. The van der Waals surface area contributed by atoms with Crippen molar-refractivity contribution in [2.75, 3.05) is 13.1 Å². The van der Waals surface area contributed by atoms with Crippen LogP contribution in [0, 0.1) is 5.92 Å². The third kappa shape index (κ3) is 12.4. The summed E-state index contributed by atoms with van der Waals surface area (Å²) in [5.41, 5.74) is 17.3. The number of nitrogens with two attached hydrogens (primary N) is 3. The number of carboxylic acids is 1. The average Bonchev–Trinajstić information content (AvgIpc) is 3.49. The zero-order chi connectivity index (χ0) is 35.3. The number of amides is 4. The zero-order valence-electron chi connectivity index (χ0n) is 27.2. The number of hydrogen-bond acceptors (Lipinski definition) is 9. The number of carbonyl (C=O) groups is 5. The van der Waals surface area contributed by atoms with Gasteiger partial charge in [0, 0.05) is 13.0 Å². The maximum atomic E-state index is 13.9. The standard InChI is InChI=1S/C31H50N8O8/c1-17(2)15-23(29(45)39-14-6-8-24(39)28(44)38-25(18(3)40)30(46)47)36-27(43)22(16-19-9-11-20(41)12-10-19)35-26(42)21(37-31(33)34)7-4-5-13-32/h9-12,17-18,21-25,40-41H,4-8,13-16,32H2,1-3H3,(H,35,42)(H,36,43)(H,38,44)(H,46,47)(H4,33,34,37)/t18-,21+,22+,23+,24+,25+/m1/s1. The molecule has 4 amide bonds. The number of phenols is 1. The first-order chi connectivity index (χ1) is 22.1. The summed E-state index contributed by atoms with van der Waals surface area (Å²) in [5.74, 6) is -4.31. The van der Waals surface area contributed by atoms with Gasteiger partial charge in [0.15, 0.2) is 12.0 Å². The second-order valence-electron chi connectivity index (χ2n) is 12.2. The Labute approximate surface area is 274 Å². The number of likely N-dealkylation sites (tertiary alicyclic amines) is 1. The van der Waals surface area contributed by atoms with Gasteiger partial charge < -0.3 is 53.4 Å². The van der Waals surface area contributed by atoms with Gasteiger partial charge in [0.2, 0.25) is 23.6 Å². The fraction of sp³-hybridized carbons (Fsp3) is 0.613. The van der Waals surface area contributed by atoms with Crippen molar-refractivity contribution in [3.8, 4) is 5.75 Å². The van der Waals surface area contributed by atoms with Crippen molar-refractivity contribution in [3.05, 3.63) is 29.8 Å². The third-order valence-electron chi connectivity index (χ3n) is 7.75. The lowest BCUT2D eigenvalue weighted by Crippen LogP contribution is -2.59. The van der Waals surface area contributed by atoms with Crippen LogP contribution < -0.4 is 33.2 Å². The largest absolute Gasteiger partial charge is 0.508 e. The lowest BCUT2D eigenvalue weighted by atomic mass is 9.99. The fourth-order valence-corrected chi connectivity index (χ4v) is 5.37. The Morgan fingerprint density at radius 3 is 2.17 bits per heavy atom. The summed E-state index contributed by atoms with van der Waals surface area (Å²) in [6, 6.07) is 0.256. The van der Waals surface area contributed by atoms with Crippen LogP contribution in [0.4, 0.5) is 0 Å². The van der Waals surface area contributed by atoms with E-state index in [4.69, 9.17) is 17.2 Å². The van der Waals surface area contributed by atoms with Crippen molar-refractivity contribution in [3.63, 3.8) is 0 Å². The van der Waals surface area contributed by atoms with Gasteiger partial charge in [-0.05, 0) is 75.6 Å². The number of carbonyl (C=O) groups excluding carboxylic acids is 4. The number of rotatable bonds is 18. The number of aromatic hydroxyl groups is 1. The fourth-order valence-electron chi connectivity index (χ4n) is 5.37. The van der Waals surface area contributed by atoms with Gasteiger partial charge in [-0.2, -0.15) is 0 Å². The highest BCUT2D eigenvalue weighted by atomic mass is 16.4. The van der Waals surface area contributed by atoms with Gasteiger partial charge >= 0.3 is 5.97 Å². The zero-order valence-corrected chi connectivity index (χ0v) is 27.2. The number of phenolic OH excluding ortho intramolecular Hbond substituents is 1. The van der Waals surface area contributed by atoms with Crippen molar-refractivity contribution < 1.29 is 39.3 Å². The van der Waals surface area contributed by atoms with Gasteiger partial charge in [-0.1, -0.05) is 26.0 Å². The predicted molar refractivity (Wildman–Crippen MR) is 174 cm³/mol. The lowest BCUT2D eigenvalue weighted by Gasteiger charge is -2.31. The van der Waals surface area contributed by atoms with Crippen LogP contribution in [0.15, 0.2) is 29.3 Å². The molecule has 1 saturated heterocycles. The molecule has 1 aromatic rings. The Balaban J connectivity index is 2.34. The van der Waals surface area contributed by atoms with E-state index in [2.05, 4.69) is 20.9 Å². The molecular weight excluding hydrogens is 612 g/mol. The minimum atomic E-state index is -1.56. The van der Waals surface area contributed by atoms with Crippen LogP contribution in [0.2, 0.25) is 0 Å². The summed E-state index contributed by atoms with van der Waals surface area (Å²) in [5, 5.41) is 36.7. The first-order valence-corrected chi connectivity index (χ1v) is 15.8. The minimum absolute atomic E-state index is 0.00243. The number of carboxylic acid groups (broad SMARTS) is 1. The van der Waals surface area contributed by atoms with E-state index < -0.39 is 65.9 Å². The number of aliphatic hydroxyl groups is 1. The summed E-state index contributed by atoms with van der Waals surface area (Å²) < 4.78 is 0. The summed E-state index contributed by atoms with van der Waals surface area (Å²) in [6.07, 6.45) is 1.03. The molecule has 0 radical (unpaired) electrons. The number of aliphatic imine (C=N–C) groups is 1. The highest BCUT2D eigenvalue weighted by Crippen LogP contribution is 2.21. The monoisotopic (exact) mass is 662 g/mol. The van der Waals surface area contributed by atoms with E-state index in [1.54, 1.807) is 12.1 Å². The number of benzene rings is 1. The molecule has 0 spiro atoms. The van der Waals surface area contributed by atoms with Gasteiger partial charge in [-0.15, -0.1) is 0 Å². The van der Waals surface area contributed by atoms with Crippen LogP contribution in [0.25, 0.3) is 0 Å². The summed E-state index contributed by atoms with van der Waals surface area (Å²) >= 11 is 0. The number of nitrogens with zero attached hydrogens (tertiary/aromatic N) is 2. The van der Waals surface area contributed by atoms with Crippen LogP contribution in [-0.2, 0) is 30.4 Å². The average molecular weight is 663 g/mol. The first-order valence-electron chi connectivity index (χ1n) is 15.8. The van der Waals surface area contributed by atoms with Crippen molar-refractivity contribution in [1.82, 2.24) is 20.9 Å². The van der Waals surface area contributed by atoms with Gasteiger partial charge in [0.1, 0.15) is 29.9 Å². The Hall–Kier alpha value is -4.44. The van der Waals surface area contributed by atoms with Gasteiger partial charge in [-0.25, -0.2) is 9.79 Å². The Morgan fingerprint density at radius 1 is 0.979 bits per heavy atom. The minimum Gasteiger partial charge on any atom is -0.508 e.